The second-order valence-corrected chi connectivity index (χ2v) is 8.59. The third kappa shape index (κ3) is 4.71. The first kappa shape index (κ1) is 17.9. The number of aliphatic hydroxyl groups is 1. The lowest BCUT2D eigenvalue weighted by Gasteiger charge is -2.37. The molecule has 0 aromatic rings. The number of sulfone groups is 1. The van der Waals surface area contributed by atoms with Crippen LogP contribution in [0.1, 0.15) is 58.8 Å². The molecule has 4 nitrogen and oxygen atoms in total. The molecular weight excluding hydrogens is 274 g/mol. The molecule has 1 aliphatic rings. The normalized spacial score (nSPS) is 24.8. The fourth-order valence-corrected chi connectivity index (χ4v) is 4.79. The summed E-state index contributed by atoms with van der Waals surface area (Å²) in [4.78, 5) is 0. The van der Waals surface area contributed by atoms with Crippen molar-refractivity contribution in [1.82, 2.24) is 5.32 Å². The molecule has 20 heavy (non-hydrogen) atoms. The van der Waals surface area contributed by atoms with Crippen LogP contribution in [0, 0.1) is 5.41 Å². The second kappa shape index (κ2) is 7.76. The van der Waals surface area contributed by atoms with Crippen LogP contribution in [0.15, 0.2) is 0 Å². The molecule has 0 radical (unpaired) electrons. The molecule has 0 aromatic heterocycles. The monoisotopic (exact) mass is 305 g/mol. The highest BCUT2D eigenvalue weighted by molar-refractivity contribution is 7.91. The Labute approximate surface area is 124 Å². The van der Waals surface area contributed by atoms with Gasteiger partial charge in [-0.25, -0.2) is 8.42 Å². The highest BCUT2D eigenvalue weighted by Crippen LogP contribution is 2.31. The molecule has 0 saturated heterocycles. The zero-order valence-corrected chi connectivity index (χ0v) is 14.0. The van der Waals surface area contributed by atoms with Crippen molar-refractivity contribution in [3.8, 4) is 0 Å². The predicted molar refractivity (Wildman–Crippen MR) is 83.6 cm³/mol. The summed E-state index contributed by atoms with van der Waals surface area (Å²) in [5, 5.41) is 12.5. The predicted octanol–water partition coefficient (Wildman–Crippen LogP) is 2.12. The Morgan fingerprint density at radius 3 is 2.30 bits per heavy atom. The Bertz CT molecular complexity index is 377. The Balaban J connectivity index is 2.69. The zero-order valence-electron chi connectivity index (χ0n) is 13.2. The van der Waals surface area contributed by atoms with E-state index in [1.54, 1.807) is 0 Å². The van der Waals surface area contributed by atoms with Crippen molar-refractivity contribution in [1.29, 1.82) is 0 Å². The molecule has 1 fully saturated rings. The first-order valence-corrected chi connectivity index (χ1v) is 9.87. The average molecular weight is 305 g/mol. The van der Waals surface area contributed by atoms with Gasteiger partial charge in [0.25, 0.3) is 0 Å². The SMILES string of the molecule is CCC(CC)(CCO)CNC1CCCCC1S(C)(=O)=O. The molecule has 1 saturated carbocycles. The fourth-order valence-electron chi connectivity index (χ4n) is 3.37. The van der Waals surface area contributed by atoms with Gasteiger partial charge < -0.3 is 10.4 Å². The molecule has 0 aliphatic heterocycles. The van der Waals surface area contributed by atoms with E-state index in [9.17, 15) is 13.5 Å². The van der Waals surface area contributed by atoms with Crippen LogP contribution in [0.3, 0.4) is 0 Å². The first-order chi connectivity index (χ1) is 9.38. The molecule has 0 bridgehead atoms. The van der Waals surface area contributed by atoms with Crippen molar-refractivity contribution in [3.63, 3.8) is 0 Å². The molecule has 120 valence electrons. The molecule has 1 aliphatic carbocycles. The van der Waals surface area contributed by atoms with Gasteiger partial charge in [0, 0.05) is 25.4 Å². The van der Waals surface area contributed by atoms with Gasteiger partial charge in [0.2, 0.25) is 0 Å². The van der Waals surface area contributed by atoms with Crippen molar-refractivity contribution in [2.45, 2.75) is 70.1 Å². The minimum Gasteiger partial charge on any atom is -0.396 e. The molecule has 1 rings (SSSR count). The number of aliphatic hydroxyl groups excluding tert-OH is 1. The van der Waals surface area contributed by atoms with Gasteiger partial charge in [0.05, 0.1) is 5.25 Å². The van der Waals surface area contributed by atoms with Gasteiger partial charge in [-0.05, 0) is 37.5 Å². The highest BCUT2D eigenvalue weighted by atomic mass is 32.2. The fraction of sp³-hybridized carbons (Fsp3) is 1.00. The van der Waals surface area contributed by atoms with E-state index in [4.69, 9.17) is 0 Å². The van der Waals surface area contributed by atoms with Crippen molar-refractivity contribution in [2.75, 3.05) is 19.4 Å². The van der Waals surface area contributed by atoms with Crippen LogP contribution in [-0.4, -0.2) is 44.2 Å². The zero-order chi connectivity index (χ0) is 15.2. The Hall–Kier alpha value is -0.130. The van der Waals surface area contributed by atoms with Crippen molar-refractivity contribution in [3.05, 3.63) is 0 Å². The number of hydrogen-bond acceptors (Lipinski definition) is 4. The average Bonchev–Trinajstić information content (AvgIpc) is 2.43. The molecule has 0 heterocycles. The quantitative estimate of drug-likeness (QED) is 0.721. The molecular formula is C15H31NO3S. The first-order valence-electron chi connectivity index (χ1n) is 7.91. The summed E-state index contributed by atoms with van der Waals surface area (Å²) in [5.41, 5.74) is 0.0915. The van der Waals surface area contributed by atoms with Gasteiger partial charge >= 0.3 is 0 Å². The van der Waals surface area contributed by atoms with E-state index in [0.717, 1.165) is 51.5 Å². The van der Waals surface area contributed by atoms with E-state index in [2.05, 4.69) is 19.2 Å². The van der Waals surface area contributed by atoms with E-state index in [1.807, 2.05) is 0 Å². The lowest BCUT2D eigenvalue weighted by Crippen LogP contribution is -2.49. The van der Waals surface area contributed by atoms with Gasteiger partial charge in [-0.3, -0.25) is 0 Å². The molecule has 2 atom stereocenters. The summed E-state index contributed by atoms with van der Waals surface area (Å²) in [6.45, 7) is 5.30. The maximum absolute atomic E-state index is 11.9. The van der Waals surface area contributed by atoms with Crippen LogP contribution < -0.4 is 5.32 Å². The third-order valence-electron chi connectivity index (χ3n) is 5.13. The van der Waals surface area contributed by atoms with E-state index >= 15 is 0 Å². The van der Waals surface area contributed by atoms with Gasteiger partial charge in [0.15, 0.2) is 9.84 Å². The smallest absolute Gasteiger partial charge is 0.151 e. The Morgan fingerprint density at radius 1 is 1.20 bits per heavy atom. The Kier molecular flexibility index (Phi) is 6.95. The van der Waals surface area contributed by atoms with Gasteiger partial charge in [-0.15, -0.1) is 0 Å². The summed E-state index contributed by atoms with van der Waals surface area (Å²) >= 11 is 0. The van der Waals surface area contributed by atoms with E-state index in [0.29, 0.717) is 0 Å². The third-order valence-corrected chi connectivity index (χ3v) is 6.80. The summed E-state index contributed by atoms with van der Waals surface area (Å²) in [5.74, 6) is 0. The highest BCUT2D eigenvalue weighted by Gasteiger charge is 2.34. The van der Waals surface area contributed by atoms with E-state index < -0.39 is 9.84 Å². The van der Waals surface area contributed by atoms with Crippen LogP contribution in [0.4, 0.5) is 0 Å². The maximum atomic E-state index is 11.9. The summed E-state index contributed by atoms with van der Waals surface area (Å²) in [7, 11) is -2.98. The topological polar surface area (TPSA) is 66.4 Å². The van der Waals surface area contributed by atoms with Crippen LogP contribution >= 0.6 is 0 Å². The largest absolute Gasteiger partial charge is 0.396 e. The van der Waals surface area contributed by atoms with Gasteiger partial charge in [-0.1, -0.05) is 26.7 Å². The molecule has 2 unspecified atom stereocenters. The van der Waals surface area contributed by atoms with Gasteiger partial charge in [0.1, 0.15) is 0 Å². The second-order valence-electron chi connectivity index (χ2n) is 6.32. The van der Waals surface area contributed by atoms with E-state index in [-0.39, 0.29) is 23.3 Å². The van der Waals surface area contributed by atoms with Crippen LogP contribution in [0.25, 0.3) is 0 Å². The van der Waals surface area contributed by atoms with Crippen LogP contribution in [0.2, 0.25) is 0 Å². The summed E-state index contributed by atoms with van der Waals surface area (Å²) in [6, 6.07) is 0.0786. The Morgan fingerprint density at radius 2 is 1.80 bits per heavy atom. The van der Waals surface area contributed by atoms with E-state index in [1.165, 1.54) is 6.26 Å². The molecule has 0 spiro atoms. The standard InChI is InChI=1S/C15H31NO3S/c1-4-15(5-2,10-11-17)12-16-13-8-6-7-9-14(13)20(3,18)19/h13-14,16-17H,4-12H2,1-3H3. The minimum absolute atomic E-state index is 0.0786. The minimum atomic E-state index is -2.98. The van der Waals surface area contributed by atoms with Crippen LogP contribution in [0.5, 0.6) is 0 Å². The summed E-state index contributed by atoms with van der Waals surface area (Å²) in [6.07, 6.45) is 8.00. The lowest BCUT2D eigenvalue weighted by atomic mass is 9.79. The molecule has 0 aromatic carbocycles. The lowest BCUT2D eigenvalue weighted by molar-refractivity contribution is 0.155. The van der Waals surface area contributed by atoms with Gasteiger partial charge in [-0.2, -0.15) is 0 Å². The molecule has 2 N–H and O–H groups in total. The number of rotatable bonds is 8. The number of hydrogen-bond donors (Lipinski definition) is 2. The maximum Gasteiger partial charge on any atom is 0.151 e. The molecule has 5 heteroatoms. The van der Waals surface area contributed by atoms with Crippen molar-refractivity contribution < 1.29 is 13.5 Å². The van der Waals surface area contributed by atoms with Crippen molar-refractivity contribution in [2.24, 2.45) is 5.41 Å². The van der Waals surface area contributed by atoms with Crippen molar-refractivity contribution >= 4 is 9.84 Å². The molecule has 0 amide bonds. The summed E-state index contributed by atoms with van der Waals surface area (Å²) < 4.78 is 23.8. The van der Waals surface area contributed by atoms with Crippen LogP contribution in [-0.2, 0) is 9.84 Å². The number of nitrogens with one attached hydrogen (secondary N) is 1.